The van der Waals surface area contributed by atoms with Crippen molar-refractivity contribution in [1.29, 1.82) is 0 Å². The SMILES string of the molecule is Cc1cccc(/C=C/C(=O)OCc2cc(=O)n3cc(Br)ccc3n2)c1. The van der Waals surface area contributed by atoms with Crippen molar-refractivity contribution in [2.24, 2.45) is 0 Å². The fraction of sp³-hybridized carbons (Fsp3) is 0.105. The van der Waals surface area contributed by atoms with Crippen LogP contribution in [0.3, 0.4) is 0 Å². The first-order valence-electron chi connectivity index (χ1n) is 7.60. The fourth-order valence-electron chi connectivity index (χ4n) is 2.33. The van der Waals surface area contributed by atoms with E-state index in [1.807, 2.05) is 31.2 Å². The molecule has 0 amide bonds. The van der Waals surface area contributed by atoms with Gasteiger partial charge in [-0.2, -0.15) is 0 Å². The van der Waals surface area contributed by atoms with Crippen LogP contribution in [0.5, 0.6) is 0 Å². The van der Waals surface area contributed by atoms with E-state index >= 15 is 0 Å². The molecule has 6 heteroatoms. The summed E-state index contributed by atoms with van der Waals surface area (Å²) in [5, 5.41) is 0. The second-order valence-electron chi connectivity index (χ2n) is 5.52. The lowest BCUT2D eigenvalue weighted by atomic mass is 10.1. The highest BCUT2D eigenvalue weighted by Crippen LogP contribution is 2.10. The Morgan fingerprint density at radius 3 is 2.92 bits per heavy atom. The number of esters is 1. The van der Waals surface area contributed by atoms with Gasteiger partial charge in [0.25, 0.3) is 5.56 Å². The smallest absolute Gasteiger partial charge is 0.331 e. The molecular formula is C19H15BrN2O3. The molecule has 0 saturated heterocycles. The lowest BCUT2D eigenvalue weighted by Gasteiger charge is -2.05. The molecule has 0 fully saturated rings. The lowest BCUT2D eigenvalue weighted by molar-refractivity contribution is -0.139. The molecular weight excluding hydrogens is 384 g/mol. The Bertz CT molecular complexity index is 1020. The van der Waals surface area contributed by atoms with Gasteiger partial charge in [0.15, 0.2) is 0 Å². The van der Waals surface area contributed by atoms with Crippen molar-refractivity contribution in [2.75, 3.05) is 0 Å². The number of hydrogen-bond acceptors (Lipinski definition) is 4. The number of nitrogens with zero attached hydrogens (tertiary/aromatic N) is 2. The zero-order valence-corrected chi connectivity index (χ0v) is 15.1. The first-order chi connectivity index (χ1) is 12.0. The van der Waals surface area contributed by atoms with Crippen LogP contribution in [-0.2, 0) is 16.1 Å². The van der Waals surface area contributed by atoms with Crippen molar-refractivity contribution in [3.8, 4) is 0 Å². The molecule has 0 aliphatic heterocycles. The number of hydrogen-bond donors (Lipinski definition) is 0. The van der Waals surface area contributed by atoms with E-state index in [0.29, 0.717) is 11.3 Å². The highest BCUT2D eigenvalue weighted by molar-refractivity contribution is 9.10. The van der Waals surface area contributed by atoms with E-state index in [-0.39, 0.29) is 12.2 Å². The average Bonchev–Trinajstić information content (AvgIpc) is 2.59. The second kappa shape index (κ2) is 7.44. The summed E-state index contributed by atoms with van der Waals surface area (Å²) in [7, 11) is 0. The van der Waals surface area contributed by atoms with Gasteiger partial charge in [-0.15, -0.1) is 0 Å². The van der Waals surface area contributed by atoms with Gasteiger partial charge in [-0.25, -0.2) is 9.78 Å². The van der Waals surface area contributed by atoms with Crippen molar-refractivity contribution in [1.82, 2.24) is 9.38 Å². The van der Waals surface area contributed by atoms with E-state index in [4.69, 9.17) is 4.74 Å². The lowest BCUT2D eigenvalue weighted by Crippen LogP contribution is -2.16. The Labute approximate surface area is 152 Å². The van der Waals surface area contributed by atoms with Crippen LogP contribution >= 0.6 is 15.9 Å². The third kappa shape index (κ3) is 4.42. The van der Waals surface area contributed by atoms with E-state index in [0.717, 1.165) is 15.6 Å². The van der Waals surface area contributed by atoms with Crippen LogP contribution in [0.15, 0.2) is 64.0 Å². The van der Waals surface area contributed by atoms with E-state index in [1.54, 1.807) is 24.4 Å². The van der Waals surface area contributed by atoms with Crippen LogP contribution in [0.4, 0.5) is 0 Å². The minimum Gasteiger partial charge on any atom is -0.456 e. The molecule has 0 unspecified atom stereocenters. The molecule has 0 spiro atoms. The van der Waals surface area contributed by atoms with E-state index in [1.165, 1.54) is 16.5 Å². The average molecular weight is 399 g/mol. The zero-order valence-electron chi connectivity index (χ0n) is 13.5. The molecule has 0 saturated carbocycles. The Balaban J connectivity index is 1.69. The number of fused-ring (bicyclic) bond motifs is 1. The number of rotatable bonds is 4. The molecule has 3 rings (SSSR count). The maximum Gasteiger partial charge on any atom is 0.331 e. The summed E-state index contributed by atoms with van der Waals surface area (Å²) in [6.07, 6.45) is 4.69. The maximum atomic E-state index is 12.1. The predicted molar refractivity (Wildman–Crippen MR) is 99.2 cm³/mol. The third-order valence-electron chi connectivity index (χ3n) is 3.49. The van der Waals surface area contributed by atoms with Crippen LogP contribution in [0.2, 0.25) is 0 Å². The molecule has 1 aromatic carbocycles. The quantitative estimate of drug-likeness (QED) is 0.498. The van der Waals surface area contributed by atoms with Crippen molar-refractivity contribution < 1.29 is 9.53 Å². The van der Waals surface area contributed by atoms with Crippen molar-refractivity contribution in [3.63, 3.8) is 0 Å². The number of ether oxygens (including phenoxy) is 1. The zero-order chi connectivity index (χ0) is 17.8. The number of pyridine rings is 1. The number of aromatic nitrogens is 2. The molecule has 0 aliphatic rings. The summed E-state index contributed by atoms with van der Waals surface area (Å²) in [6.45, 7) is 1.93. The van der Waals surface area contributed by atoms with Crippen molar-refractivity contribution in [2.45, 2.75) is 13.5 Å². The summed E-state index contributed by atoms with van der Waals surface area (Å²) in [6, 6.07) is 12.6. The number of aryl methyl sites for hydroxylation is 1. The minimum atomic E-state index is -0.487. The molecule has 0 aliphatic carbocycles. The highest BCUT2D eigenvalue weighted by atomic mass is 79.9. The molecule has 126 valence electrons. The maximum absolute atomic E-state index is 12.1. The first kappa shape index (κ1) is 17.1. The molecule has 2 heterocycles. The molecule has 2 aromatic heterocycles. The normalized spacial score (nSPS) is 11.1. The van der Waals surface area contributed by atoms with Crippen LogP contribution < -0.4 is 5.56 Å². The summed E-state index contributed by atoms with van der Waals surface area (Å²) in [5.74, 6) is -0.487. The first-order valence-corrected chi connectivity index (χ1v) is 8.40. The summed E-state index contributed by atoms with van der Waals surface area (Å²) >= 11 is 3.31. The van der Waals surface area contributed by atoms with Gasteiger partial charge in [0.2, 0.25) is 0 Å². The minimum absolute atomic E-state index is 0.0568. The second-order valence-corrected chi connectivity index (χ2v) is 6.43. The predicted octanol–water partition coefficient (Wildman–Crippen LogP) is 3.52. The van der Waals surface area contributed by atoms with Crippen LogP contribution in [-0.4, -0.2) is 15.4 Å². The number of carbonyl (C=O) groups is 1. The molecule has 0 bridgehead atoms. The van der Waals surface area contributed by atoms with Crippen molar-refractivity contribution >= 4 is 33.6 Å². The topological polar surface area (TPSA) is 60.7 Å². The molecule has 0 atom stereocenters. The van der Waals surface area contributed by atoms with Gasteiger partial charge in [0, 0.05) is 22.8 Å². The van der Waals surface area contributed by atoms with Gasteiger partial charge < -0.3 is 4.74 Å². The Morgan fingerprint density at radius 1 is 1.28 bits per heavy atom. The van der Waals surface area contributed by atoms with E-state index in [9.17, 15) is 9.59 Å². The molecule has 3 aromatic rings. The van der Waals surface area contributed by atoms with Gasteiger partial charge >= 0.3 is 5.97 Å². The monoisotopic (exact) mass is 398 g/mol. The van der Waals surface area contributed by atoms with Gasteiger partial charge in [0.05, 0.1) is 5.69 Å². The van der Waals surface area contributed by atoms with Gasteiger partial charge in [0.1, 0.15) is 12.3 Å². The van der Waals surface area contributed by atoms with Gasteiger partial charge in [-0.05, 0) is 46.6 Å². The van der Waals surface area contributed by atoms with Crippen LogP contribution in [0, 0.1) is 6.92 Å². The third-order valence-corrected chi connectivity index (χ3v) is 3.96. The number of halogens is 1. The molecule has 0 radical (unpaired) electrons. The van der Waals surface area contributed by atoms with E-state index in [2.05, 4.69) is 20.9 Å². The van der Waals surface area contributed by atoms with Crippen LogP contribution in [0.25, 0.3) is 11.7 Å². The largest absolute Gasteiger partial charge is 0.456 e. The molecule has 0 N–H and O–H groups in total. The van der Waals surface area contributed by atoms with Gasteiger partial charge in [-0.1, -0.05) is 29.8 Å². The standard InChI is InChI=1S/C19H15BrN2O3/c1-13-3-2-4-14(9-13)5-8-19(24)25-12-16-10-18(23)22-11-15(20)6-7-17(22)21-16/h2-11H,12H2,1H3/b8-5+. The van der Waals surface area contributed by atoms with Crippen molar-refractivity contribution in [3.05, 3.63) is 86.4 Å². The van der Waals surface area contributed by atoms with Gasteiger partial charge in [-0.3, -0.25) is 9.20 Å². The number of carbonyl (C=O) groups excluding carboxylic acids is 1. The van der Waals surface area contributed by atoms with Crippen LogP contribution in [0.1, 0.15) is 16.8 Å². The number of benzene rings is 1. The summed E-state index contributed by atoms with van der Waals surface area (Å²) in [4.78, 5) is 28.2. The molecule has 5 nitrogen and oxygen atoms in total. The Morgan fingerprint density at radius 2 is 2.12 bits per heavy atom. The fourth-order valence-corrected chi connectivity index (χ4v) is 2.67. The molecule has 25 heavy (non-hydrogen) atoms. The summed E-state index contributed by atoms with van der Waals surface area (Å²) in [5.41, 5.74) is 2.71. The highest BCUT2D eigenvalue weighted by Gasteiger charge is 2.05. The van der Waals surface area contributed by atoms with E-state index < -0.39 is 5.97 Å². The Kier molecular flexibility index (Phi) is 5.09. The Hall–Kier alpha value is -2.73. The summed E-state index contributed by atoms with van der Waals surface area (Å²) < 4.78 is 7.37.